The largest absolute Gasteiger partial charge is 0.395 e. The molecule has 0 aromatic heterocycles. The lowest BCUT2D eigenvalue weighted by molar-refractivity contribution is 0.0769. The van der Waals surface area contributed by atoms with Crippen LogP contribution in [0.5, 0.6) is 0 Å². The van der Waals surface area contributed by atoms with Gasteiger partial charge in [0, 0.05) is 25.7 Å². The lowest BCUT2D eigenvalue weighted by Gasteiger charge is -2.40. The van der Waals surface area contributed by atoms with Gasteiger partial charge in [-0.1, -0.05) is 45.4 Å². The van der Waals surface area contributed by atoms with E-state index < -0.39 is 0 Å². The van der Waals surface area contributed by atoms with Gasteiger partial charge in [-0.15, -0.1) is 0 Å². The lowest BCUT2D eigenvalue weighted by Crippen LogP contribution is -2.48. The van der Waals surface area contributed by atoms with Crippen molar-refractivity contribution in [3.05, 3.63) is 0 Å². The Balaban J connectivity index is 2.02. The molecular weight excluding hydrogens is 260 g/mol. The van der Waals surface area contributed by atoms with Crippen molar-refractivity contribution in [2.75, 3.05) is 32.8 Å². The Morgan fingerprint density at radius 3 is 2.29 bits per heavy atom. The minimum atomic E-state index is 0.313. The SMILES string of the molecule is CCNCC1(CN(CCO)C2CCCC2)CCCCCC1. The molecule has 21 heavy (non-hydrogen) atoms. The smallest absolute Gasteiger partial charge is 0.0558 e. The van der Waals surface area contributed by atoms with Crippen LogP contribution in [-0.2, 0) is 0 Å². The number of hydrogen-bond acceptors (Lipinski definition) is 3. The maximum atomic E-state index is 9.48. The zero-order valence-corrected chi connectivity index (χ0v) is 14.1. The van der Waals surface area contributed by atoms with E-state index >= 15 is 0 Å². The summed E-state index contributed by atoms with van der Waals surface area (Å²) in [5, 5.41) is 13.1. The number of aliphatic hydroxyl groups excluding tert-OH is 1. The highest BCUT2D eigenvalue weighted by atomic mass is 16.3. The normalized spacial score (nSPS) is 23.6. The standard InChI is InChI=1S/C18H36N2O/c1-2-19-15-18(11-7-3-4-8-12-18)16-20(13-14-21)17-9-5-6-10-17/h17,19,21H,2-16H2,1H3. The molecular formula is C18H36N2O. The van der Waals surface area contributed by atoms with Crippen molar-refractivity contribution < 1.29 is 5.11 Å². The maximum Gasteiger partial charge on any atom is 0.0558 e. The fourth-order valence-electron chi connectivity index (χ4n) is 4.48. The van der Waals surface area contributed by atoms with Gasteiger partial charge in [-0.05, 0) is 37.6 Å². The summed E-state index contributed by atoms with van der Waals surface area (Å²) < 4.78 is 0. The number of rotatable bonds is 8. The molecule has 2 aliphatic rings. The summed E-state index contributed by atoms with van der Waals surface area (Å²) in [6.07, 6.45) is 13.8. The topological polar surface area (TPSA) is 35.5 Å². The van der Waals surface area contributed by atoms with Crippen LogP contribution in [0, 0.1) is 5.41 Å². The minimum absolute atomic E-state index is 0.313. The summed E-state index contributed by atoms with van der Waals surface area (Å²) in [6.45, 7) is 6.84. The molecule has 0 unspecified atom stereocenters. The third-order valence-electron chi connectivity index (χ3n) is 5.68. The highest BCUT2D eigenvalue weighted by Crippen LogP contribution is 2.37. The van der Waals surface area contributed by atoms with Gasteiger partial charge in [0.2, 0.25) is 0 Å². The average molecular weight is 296 g/mol. The molecule has 0 spiro atoms. The van der Waals surface area contributed by atoms with E-state index in [9.17, 15) is 5.11 Å². The first-order valence-electron chi connectivity index (χ1n) is 9.35. The Hall–Kier alpha value is -0.120. The van der Waals surface area contributed by atoms with Crippen LogP contribution < -0.4 is 5.32 Å². The van der Waals surface area contributed by atoms with Crippen LogP contribution >= 0.6 is 0 Å². The summed E-state index contributed by atoms with van der Waals surface area (Å²) >= 11 is 0. The van der Waals surface area contributed by atoms with E-state index in [0.29, 0.717) is 12.0 Å². The second kappa shape index (κ2) is 9.12. The summed E-state index contributed by atoms with van der Waals surface area (Å²) in [7, 11) is 0. The third-order valence-corrected chi connectivity index (χ3v) is 5.68. The van der Waals surface area contributed by atoms with E-state index in [1.54, 1.807) is 0 Å². The summed E-state index contributed by atoms with van der Waals surface area (Å²) in [5.74, 6) is 0. The fraction of sp³-hybridized carbons (Fsp3) is 1.00. The van der Waals surface area contributed by atoms with Crippen LogP contribution in [0.1, 0.15) is 71.1 Å². The van der Waals surface area contributed by atoms with E-state index in [2.05, 4.69) is 17.1 Å². The van der Waals surface area contributed by atoms with Crippen molar-refractivity contribution in [2.24, 2.45) is 5.41 Å². The van der Waals surface area contributed by atoms with Crippen molar-refractivity contribution in [1.82, 2.24) is 10.2 Å². The average Bonchev–Trinajstić information content (AvgIpc) is 2.93. The molecule has 3 heteroatoms. The highest BCUT2D eigenvalue weighted by molar-refractivity contribution is 4.89. The molecule has 0 aliphatic heterocycles. The van der Waals surface area contributed by atoms with Crippen LogP contribution in [-0.4, -0.2) is 48.8 Å². The zero-order chi connectivity index (χ0) is 15.0. The Labute approximate surface area is 131 Å². The molecule has 2 fully saturated rings. The van der Waals surface area contributed by atoms with Gasteiger partial charge in [-0.2, -0.15) is 0 Å². The summed E-state index contributed by atoms with van der Waals surface area (Å²) in [5.41, 5.74) is 0.449. The molecule has 0 radical (unpaired) electrons. The van der Waals surface area contributed by atoms with Gasteiger partial charge in [-0.3, -0.25) is 4.90 Å². The number of nitrogens with one attached hydrogen (secondary N) is 1. The first-order valence-corrected chi connectivity index (χ1v) is 9.35. The van der Waals surface area contributed by atoms with Crippen molar-refractivity contribution in [2.45, 2.75) is 77.2 Å². The molecule has 0 saturated heterocycles. The monoisotopic (exact) mass is 296 g/mol. The minimum Gasteiger partial charge on any atom is -0.395 e. The predicted octanol–water partition coefficient (Wildman–Crippen LogP) is 3.17. The zero-order valence-electron chi connectivity index (χ0n) is 14.1. The second-order valence-electron chi connectivity index (χ2n) is 7.33. The van der Waals surface area contributed by atoms with Gasteiger partial charge in [0.05, 0.1) is 6.61 Å². The van der Waals surface area contributed by atoms with Crippen LogP contribution in [0.3, 0.4) is 0 Å². The molecule has 2 rings (SSSR count). The quantitative estimate of drug-likeness (QED) is 0.675. The first kappa shape index (κ1) is 17.2. The van der Waals surface area contributed by atoms with Crippen LogP contribution in [0.2, 0.25) is 0 Å². The molecule has 0 amide bonds. The molecule has 3 nitrogen and oxygen atoms in total. The second-order valence-corrected chi connectivity index (χ2v) is 7.33. The van der Waals surface area contributed by atoms with Gasteiger partial charge >= 0.3 is 0 Å². The van der Waals surface area contributed by atoms with Crippen molar-refractivity contribution >= 4 is 0 Å². The Kier molecular flexibility index (Phi) is 7.48. The summed E-state index contributed by atoms with van der Waals surface area (Å²) in [4.78, 5) is 2.63. The summed E-state index contributed by atoms with van der Waals surface area (Å²) in [6, 6.07) is 0.735. The molecule has 0 atom stereocenters. The predicted molar refractivity (Wildman–Crippen MR) is 89.6 cm³/mol. The van der Waals surface area contributed by atoms with E-state index in [1.807, 2.05) is 0 Å². The van der Waals surface area contributed by atoms with Gasteiger partial charge in [0.15, 0.2) is 0 Å². The van der Waals surface area contributed by atoms with Gasteiger partial charge < -0.3 is 10.4 Å². The van der Waals surface area contributed by atoms with Crippen molar-refractivity contribution in [1.29, 1.82) is 0 Å². The first-order chi connectivity index (χ1) is 10.3. The van der Waals surface area contributed by atoms with Crippen LogP contribution in [0.25, 0.3) is 0 Å². The molecule has 0 aromatic carbocycles. The molecule has 0 bridgehead atoms. The molecule has 0 heterocycles. The van der Waals surface area contributed by atoms with Crippen LogP contribution in [0.4, 0.5) is 0 Å². The lowest BCUT2D eigenvalue weighted by atomic mass is 9.79. The maximum absolute atomic E-state index is 9.48. The molecule has 124 valence electrons. The van der Waals surface area contributed by atoms with Gasteiger partial charge in [0.25, 0.3) is 0 Å². The Bertz CT molecular complexity index is 268. The molecule has 2 saturated carbocycles. The highest BCUT2D eigenvalue weighted by Gasteiger charge is 2.35. The van der Waals surface area contributed by atoms with Crippen molar-refractivity contribution in [3.8, 4) is 0 Å². The Morgan fingerprint density at radius 2 is 1.71 bits per heavy atom. The number of nitrogens with zero attached hydrogens (tertiary/aromatic N) is 1. The molecule has 2 N–H and O–H groups in total. The molecule has 0 aromatic rings. The fourth-order valence-corrected chi connectivity index (χ4v) is 4.48. The van der Waals surface area contributed by atoms with Crippen molar-refractivity contribution in [3.63, 3.8) is 0 Å². The number of hydrogen-bond donors (Lipinski definition) is 2. The van der Waals surface area contributed by atoms with E-state index in [1.165, 1.54) is 70.8 Å². The van der Waals surface area contributed by atoms with E-state index in [4.69, 9.17) is 0 Å². The molecule has 2 aliphatic carbocycles. The number of aliphatic hydroxyl groups is 1. The van der Waals surface area contributed by atoms with Gasteiger partial charge in [0.1, 0.15) is 0 Å². The Morgan fingerprint density at radius 1 is 1.05 bits per heavy atom. The van der Waals surface area contributed by atoms with E-state index in [0.717, 1.165) is 25.7 Å². The third kappa shape index (κ3) is 5.22. The van der Waals surface area contributed by atoms with Crippen LogP contribution in [0.15, 0.2) is 0 Å². The van der Waals surface area contributed by atoms with Gasteiger partial charge in [-0.25, -0.2) is 0 Å². The van der Waals surface area contributed by atoms with E-state index in [-0.39, 0.29) is 0 Å².